The maximum Gasteiger partial charge on any atom is 0.246 e. The van der Waals surface area contributed by atoms with Gasteiger partial charge in [0.1, 0.15) is 10.6 Å². The van der Waals surface area contributed by atoms with Crippen LogP contribution < -0.4 is 4.74 Å². The van der Waals surface area contributed by atoms with Gasteiger partial charge in [-0.3, -0.25) is 0 Å². The molecule has 0 fully saturated rings. The Morgan fingerprint density at radius 3 is 2.48 bits per heavy atom. The third-order valence-electron chi connectivity index (χ3n) is 3.43. The van der Waals surface area contributed by atoms with Crippen molar-refractivity contribution in [2.75, 3.05) is 20.7 Å². The molecule has 0 heterocycles. The van der Waals surface area contributed by atoms with Gasteiger partial charge in [-0.1, -0.05) is 41.9 Å². The fourth-order valence-corrected chi connectivity index (χ4v) is 3.73. The molecule has 1 N–H and O–H groups in total. The van der Waals surface area contributed by atoms with Gasteiger partial charge in [0, 0.05) is 18.6 Å². The van der Waals surface area contributed by atoms with E-state index in [1.165, 1.54) is 26.3 Å². The number of aliphatic hydroxyl groups excluding tert-OH is 1. The number of hydrogen-bond acceptors (Lipinski definition) is 4. The van der Waals surface area contributed by atoms with Crippen LogP contribution >= 0.6 is 11.6 Å². The number of sulfonamides is 1. The molecule has 0 aliphatic carbocycles. The Morgan fingerprint density at radius 2 is 1.87 bits per heavy atom. The summed E-state index contributed by atoms with van der Waals surface area (Å²) in [6.07, 6.45) is -0.929. The highest BCUT2D eigenvalue weighted by Crippen LogP contribution is 2.29. The molecule has 0 spiro atoms. The number of rotatable bonds is 6. The van der Waals surface area contributed by atoms with E-state index in [-0.39, 0.29) is 17.2 Å². The van der Waals surface area contributed by atoms with Crippen molar-refractivity contribution in [1.29, 1.82) is 0 Å². The van der Waals surface area contributed by atoms with Gasteiger partial charge in [-0.15, -0.1) is 0 Å². The van der Waals surface area contributed by atoms with E-state index in [2.05, 4.69) is 0 Å². The summed E-state index contributed by atoms with van der Waals surface area (Å²) < 4.78 is 31.6. The quantitative estimate of drug-likeness (QED) is 0.865. The molecule has 0 saturated heterocycles. The average Bonchev–Trinajstić information content (AvgIpc) is 2.55. The molecule has 1 unspecified atom stereocenters. The van der Waals surface area contributed by atoms with Crippen LogP contribution in [0.25, 0.3) is 0 Å². The van der Waals surface area contributed by atoms with Crippen LogP contribution in [0.1, 0.15) is 11.7 Å². The van der Waals surface area contributed by atoms with Crippen LogP contribution in [-0.2, 0) is 10.0 Å². The summed E-state index contributed by atoms with van der Waals surface area (Å²) >= 11 is 5.90. The van der Waals surface area contributed by atoms with Crippen LogP contribution in [0, 0.1) is 0 Å². The van der Waals surface area contributed by atoms with Gasteiger partial charge < -0.3 is 9.84 Å². The lowest BCUT2D eigenvalue weighted by molar-refractivity contribution is 0.155. The van der Waals surface area contributed by atoms with Crippen LogP contribution in [0.3, 0.4) is 0 Å². The zero-order chi connectivity index (χ0) is 17.0. The first kappa shape index (κ1) is 17.7. The summed E-state index contributed by atoms with van der Waals surface area (Å²) in [5.41, 5.74) is 0.646. The summed E-state index contributed by atoms with van der Waals surface area (Å²) in [5.74, 6) is 0.204. The van der Waals surface area contributed by atoms with Gasteiger partial charge in [-0.25, -0.2) is 8.42 Å². The summed E-state index contributed by atoms with van der Waals surface area (Å²) in [5, 5.41) is 10.5. The fraction of sp³-hybridized carbons (Fsp3) is 0.250. The molecule has 1 atom stereocenters. The molecule has 0 aromatic heterocycles. The van der Waals surface area contributed by atoms with E-state index < -0.39 is 16.1 Å². The van der Waals surface area contributed by atoms with E-state index >= 15 is 0 Å². The Bertz CT molecular complexity index is 765. The molecule has 2 aromatic carbocycles. The second-order valence-electron chi connectivity index (χ2n) is 5.01. The molecule has 0 aliphatic rings. The SMILES string of the molecule is COc1ccc(Cl)cc1S(=O)(=O)N(C)CC(O)c1ccccc1. The Morgan fingerprint density at radius 1 is 1.22 bits per heavy atom. The van der Waals surface area contributed by atoms with Gasteiger partial charge in [0.2, 0.25) is 10.0 Å². The number of methoxy groups -OCH3 is 1. The summed E-state index contributed by atoms with van der Waals surface area (Å²) in [6, 6.07) is 13.3. The second kappa shape index (κ2) is 7.31. The molecule has 0 saturated carbocycles. The average molecular weight is 356 g/mol. The molecule has 124 valence electrons. The van der Waals surface area contributed by atoms with E-state index in [9.17, 15) is 13.5 Å². The third-order valence-corrected chi connectivity index (χ3v) is 5.51. The van der Waals surface area contributed by atoms with Crippen molar-refractivity contribution in [3.63, 3.8) is 0 Å². The van der Waals surface area contributed by atoms with E-state index in [0.717, 1.165) is 4.31 Å². The van der Waals surface area contributed by atoms with E-state index in [4.69, 9.17) is 16.3 Å². The van der Waals surface area contributed by atoms with Crippen LogP contribution in [0.15, 0.2) is 53.4 Å². The smallest absolute Gasteiger partial charge is 0.246 e. The number of hydrogen-bond donors (Lipinski definition) is 1. The second-order valence-corrected chi connectivity index (χ2v) is 7.46. The van der Waals surface area contributed by atoms with Crippen molar-refractivity contribution >= 4 is 21.6 Å². The molecular weight excluding hydrogens is 338 g/mol. The predicted octanol–water partition coefficient (Wildman–Crippen LogP) is 2.70. The molecule has 23 heavy (non-hydrogen) atoms. The van der Waals surface area contributed by atoms with Crippen molar-refractivity contribution in [2.24, 2.45) is 0 Å². The predicted molar refractivity (Wildman–Crippen MR) is 89.2 cm³/mol. The number of benzene rings is 2. The lowest BCUT2D eigenvalue weighted by Crippen LogP contribution is -2.31. The first-order valence-electron chi connectivity index (χ1n) is 6.89. The molecule has 0 radical (unpaired) electrons. The maximum absolute atomic E-state index is 12.7. The fourth-order valence-electron chi connectivity index (χ4n) is 2.14. The molecule has 0 bridgehead atoms. The number of nitrogens with zero attached hydrogens (tertiary/aromatic N) is 1. The third kappa shape index (κ3) is 4.03. The normalized spacial score (nSPS) is 13.1. The minimum absolute atomic E-state index is 0.0322. The van der Waals surface area contributed by atoms with E-state index in [0.29, 0.717) is 10.6 Å². The molecule has 0 aliphatic heterocycles. The highest BCUT2D eigenvalue weighted by atomic mass is 35.5. The van der Waals surface area contributed by atoms with Crippen LogP contribution in [-0.4, -0.2) is 38.5 Å². The van der Waals surface area contributed by atoms with Gasteiger partial charge in [0.15, 0.2) is 0 Å². The molecule has 5 nitrogen and oxygen atoms in total. The van der Waals surface area contributed by atoms with Crippen molar-refractivity contribution in [1.82, 2.24) is 4.31 Å². The van der Waals surface area contributed by atoms with Crippen molar-refractivity contribution in [2.45, 2.75) is 11.0 Å². The molecule has 0 amide bonds. The molecule has 2 rings (SSSR count). The molecule has 7 heteroatoms. The lowest BCUT2D eigenvalue weighted by atomic mass is 10.1. The first-order valence-corrected chi connectivity index (χ1v) is 8.71. The topological polar surface area (TPSA) is 66.8 Å². The Labute approximate surface area is 141 Å². The van der Waals surface area contributed by atoms with Crippen LogP contribution in [0.4, 0.5) is 0 Å². The van der Waals surface area contributed by atoms with Crippen LogP contribution in [0.2, 0.25) is 5.02 Å². The van der Waals surface area contributed by atoms with Crippen molar-refractivity contribution in [3.8, 4) is 5.75 Å². The van der Waals surface area contributed by atoms with Crippen molar-refractivity contribution < 1.29 is 18.3 Å². The van der Waals surface area contributed by atoms with Gasteiger partial charge in [-0.05, 0) is 23.8 Å². The number of halogens is 1. The van der Waals surface area contributed by atoms with E-state index in [1.54, 1.807) is 30.3 Å². The van der Waals surface area contributed by atoms with E-state index in [1.807, 2.05) is 6.07 Å². The van der Waals surface area contributed by atoms with Gasteiger partial charge in [-0.2, -0.15) is 4.31 Å². The maximum atomic E-state index is 12.7. The monoisotopic (exact) mass is 355 g/mol. The molecule has 2 aromatic rings. The standard InChI is InChI=1S/C16H18ClNO4S/c1-18(11-14(19)12-6-4-3-5-7-12)23(20,21)16-10-13(17)8-9-15(16)22-2/h3-10,14,19H,11H2,1-2H3. The zero-order valence-electron chi connectivity index (χ0n) is 12.8. The van der Waals surface area contributed by atoms with Crippen molar-refractivity contribution in [3.05, 3.63) is 59.1 Å². The number of aliphatic hydroxyl groups is 1. The molecular formula is C16H18ClNO4S. The van der Waals surface area contributed by atoms with Gasteiger partial charge in [0.05, 0.1) is 13.2 Å². The largest absolute Gasteiger partial charge is 0.495 e. The lowest BCUT2D eigenvalue weighted by Gasteiger charge is -2.22. The Balaban J connectivity index is 2.27. The minimum Gasteiger partial charge on any atom is -0.495 e. The highest BCUT2D eigenvalue weighted by molar-refractivity contribution is 7.89. The number of ether oxygens (including phenoxy) is 1. The Hall–Kier alpha value is -1.60. The first-order chi connectivity index (χ1) is 10.9. The Kier molecular flexibility index (Phi) is 5.64. The number of likely N-dealkylation sites (N-methyl/N-ethyl adjacent to an activating group) is 1. The van der Waals surface area contributed by atoms with Gasteiger partial charge >= 0.3 is 0 Å². The minimum atomic E-state index is -3.84. The highest BCUT2D eigenvalue weighted by Gasteiger charge is 2.27. The summed E-state index contributed by atoms with van der Waals surface area (Å²) in [7, 11) is -1.05. The summed E-state index contributed by atoms with van der Waals surface area (Å²) in [4.78, 5) is -0.0322. The zero-order valence-corrected chi connectivity index (χ0v) is 14.4. The van der Waals surface area contributed by atoms with Gasteiger partial charge in [0.25, 0.3) is 0 Å². The summed E-state index contributed by atoms with van der Waals surface area (Å²) in [6.45, 7) is -0.0813. The van der Waals surface area contributed by atoms with Crippen LogP contribution in [0.5, 0.6) is 5.75 Å².